The first-order valence-corrected chi connectivity index (χ1v) is 5.74. The van der Waals surface area contributed by atoms with Crippen LogP contribution >= 0.6 is 15.9 Å². The lowest BCUT2D eigenvalue weighted by molar-refractivity contribution is -0.137. The van der Waals surface area contributed by atoms with Gasteiger partial charge in [0.15, 0.2) is 0 Å². The van der Waals surface area contributed by atoms with Gasteiger partial charge < -0.3 is 9.47 Å². The average Bonchev–Trinajstić information content (AvgIpc) is 2.27. The normalized spacial score (nSPS) is 10.4. The number of ether oxygens (including phenoxy) is 2. The molecule has 16 heavy (non-hydrogen) atoms. The lowest BCUT2D eigenvalue weighted by Crippen LogP contribution is -2.01. The highest BCUT2D eigenvalue weighted by Gasteiger charge is 1.97. The van der Waals surface area contributed by atoms with Crippen LogP contribution in [0, 0.1) is 0 Å². The summed E-state index contributed by atoms with van der Waals surface area (Å²) in [5.74, 6) is 0.397. The standard InChI is InChI=1S/C12H13BrO3/c1-2-15-12(14)8-5-9-16-11-7-4-3-6-10(11)13/h3-8H,2,9H2,1H3/b8-5+. The summed E-state index contributed by atoms with van der Waals surface area (Å²) in [5.41, 5.74) is 0. The summed E-state index contributed by atoms with van der Waals surface area (Å²) in [7, 11) is 0. The van der Waals surface area contributed by atoms with Crippen LogP contribution in [0.1, 0.15) is 6.92 Å². The summed E-state index contributed by atoms with van der Waals surface area (Å²) >= 11 is 3.36. The first-order valence-electron chi connectivity index (χ1n) is 4.94. The van der Waals surface area contributed by atoms with Crippen molar-refractivity contribution in [3.05, 3.63) is 40.9 Å². The van der Waals surface area contributed by atoms with Crippen LogP contribution < -0.4 is 4.74 Å². The summed E-state index contributed by atoms with van der Waals surface area (Å²) in [6.07, 6.45) is 2.98. The van der Waals surface area contributed by atoms with E-state index in [1.807, 2.05) is 24.3 Å². The Bertz CT molecular complexity index is 374. The average molecular weight is 285 g/mol. The summed E-state index contributed by atoms with van der Waals surface area (Å²) in [6, 6.07) is 7.53. The molecule has 0 aliphatic rings. The second kappa shape index (κ2) is 7.06. The van der Waals surface area contributed by atoms with Crippen molar-refractivity contribution >= 4 is 21.9 Å². The molecular weight excluding hydrogens is 272 g/mol. The minimum Gasteiger partial charge on any atom is -0.488 e. The number of benzene rings is 1. The fraction of sp³-hybridized carbons (Fsp3) is 0.250. The lowest BCUT2D eigenvalue weighted by Gasteiger charge is -2.04. The van der Waals surface area contributed by atoms with Crippen LogP contribution in [0.2, 0.25) is 0 Å². The molecule has 0 aliphatic heterocycles. The largest absolute Gasteiger partial charge is 0.488 e. The predicted octanol–water partition coefficient (Wildman–Crippen LogP) is 2.95. The number of esters is 1. The minimum absolute atomic E-state index is 0.335. The molecule has 3 nitrogen and oxygen atoms in total. The van der Waals surface area contributed by atoms with Crippen molar-refractivity contribution < 1.29 is 14.3 Å². The molecule has 0 amide bonds. The molecule has 86 valence electrons. The molecule has 4 heteroatoms. The molecule has 0 unspecified atom stereocenters. The highest BCUT2D eigenvalue weighted by atomic mass is 79.9. The third-order valence-electron chi connectivity index (χ3n) is 1.71. The summed E-state index contributed by atoms with van der Waals surface area (Å²) in [4.78, 5) is 10.9. The Morgan fingerprint density at radius 3 is 2.88 bits per heavy atom. The van der Waals surface area contributed by atoms with Gasteiger partial charge >= 0.3 is 5.97 Å². The Morgan fingerprint density at radius 2 is 2.19 bits per heavy atom. The molecule has 0 saturated heterocycles. The van der Waals surface area contributed by atoms with Crippen molar-refractivity contribution in [2.45, 2.75) is 6.92 Å². The Balaban J connectivity index is 2.36. The van der Waals surface area contributed by atoms with Crippen LogP contribution in [0.5, 0.6) is 5.75 Å². The third kappa shape index (κ3) is 4.49. The number of hydrogen-bond acceptors (Lipinski definition) is 3. The number of rotatable bonds is 5. The summed E-state index contributed by atoms with van der Waals surface area (Å²) < 4.78 is 11.0. The van der Waals surface area contributed by atoms with Gasteiger partial charge in [0.25, 0.3) is 0 Å². The van der Waals surface area contributed by atoms with Gasteiger partial charge in [-0.3, -0.25) is 0 Å². The molecule has 0 N–H and O–H groups in total. The van der Waals surface area contributed by atoms with E-state index in [0.29, 0.717) is 13.2 Å². The molecule has 0 aliphatic carbocycles. The zero-order valence-electron chi connectivity index (χ0n) is 8.98. The van der Waals surface area contributed by atoms with Crippen molar-refractivity contribution in [2.75, 3.05) is 13.2 Å². The van der Waals surface area contributed by atoms with Crippen LogP contribution in [0.15, 0.2) is 40.9 Å². The number of para-hydroxylation sites is 1. The summed E-state index contributed by atoms with van der Waals surface area (Å²) in [6.45, 7) is 2.49. The zero-order valence-corrected chi connectivity index (χ0v) is 10.6. The molecular formula is C12H13BrO3. The molecule has 1 aromatic carbocycles. The fourth-order valence-corrected chi connectivity index (χ4v) is 1.43. The maximum Gasteiger partial charge on any atom is 0.330 e. The van der Waals surface area contributed by atoms with E-state index in [-0.39, 0.29) is 5.97 Å². The zero-order chi connectivity index (χ0) is 11.8. The van der Waals surface area contributed by atoms with Gasteiger partial charge in [0, 0.05) is 6.08 Å². The molecule has 0 radical (unpaired) electrons. The Morgan fingerprint density at radius 1 is 1.44 bits per heavy atom. The molecule has 0 aromatic heterocycles. The van der Waals surface area contributed by atoms with Gasteiger partial charge in [-0.15, -0.1) is 0 Å². The van der Waals surface area contributed by atoms with Gasteiger partial charge in [0.05, 0.1) is 11.1 Å². The molecule has 0 bridgehead atoms. The highest BCUT2D eigenvalue weighted by molar-refractivity contribution is 9.10. The van der Waals surface area contributed by atoms with E-state index in [1.165, 1.54) is 6.08 Å². The second-order valence-electron chi connectivity index (χ2n) is 2.90. The predicted molar refractivity (Wildman–Crippen MR) is 65.4 cm³/mol. The molecule has 0 fully saturated rings. The van der Waals surface area contributed by atoms with Crippen molar-refractivity contribution in [1.29, 1.82) is 0 Å². The van der Waals surface area contributed by atoms with Crippen molar-refractivity contribution in [2.24, 2.45) is 0 Å². The topological polar surface area (TPSA) is 35.5 Å². The quantitative estimate of drug-likeness (QED) is 0.616. The van der Waals surface area contributed by atoms with Crippen molar-refractivity contribution in [1.82, 2.24) is 0 Å². The molecule has 0 saturated carbocycles. The van der Waals surface area contributed by atoms with Gasteiger partial charge in [0.2, 0.25) is 0 Å². The van der Waals surface area contributed by atoms with E-state index in [2.05, 4.69) is 15.9 Å². The second-order valence-corrected chi connectivity index (χ2v) is 3.75. The monoisotopic (exact) mass is 284 g/mol. The Hall–Kier alpha value is -1.29. The van der Waals surface area contributed by atoms with E-state index >= 15 is 0 Å². The van der Waals surface area contributed by atoms with Gasteiger partial charge in [-0.25, -0.2) is 4.79 Å². The number of carbonyl (C=O) groups excluding carboxylic acids is 1. The third-order valence-corrected chi connectivity index (χ3v) is 2.37. The minimum atomic E-state index is -0.349. The Kier molecular flexibility index (Phi) is 5.64. The number of halogens is 1. The fourth-order valence-electron chi connectivity index (χ4n) is 1.03. The van der Waals surface area contributed by atoms with E-state index in [4.69, 9.17) is 9.47 Å². The van der Waals surface area contributed by atoms with Gasteiger partial charge in [-0.2, -0.15) is 0 Å². The van der Waals surface area contributed by atoms with E-state index in [0.717, 1.165) is 10.2 Å². The van der Waals surface area contributed by atoms with Gasteiger partial charge in [0.1, 0.15) is 12.4 Å². The first-order chi connectivity index (χ1) is 7.74. The highest BCUT2D eigenvalue weighted by Crippen LogP contribution is 2.23. The molecule has 0 spiro atoms. The molecule has 0 atom stereocenters. The van der Waals surface area contributed by atoms with Crippen molar-refractivity contribution in [3.8, 4) is 5.75 Å². The van der Waals surface area contributed by atoms with Crippen LogP contribution in [-0.4, -0.2) is 19.2 Å². The van der Waals surface area contributed by atoms with Crippen LogP contribution in [0.3, 0.4) is 0 Å². The van der Waals surface area contributed by atoms with Crippen LogP contribution in [0.25, 0.3) is 0 Å². The van der Waals surface area contributed by atoms with Crippen LogP contribution in [-0.2, 0) is 9.53 Å². The van der Waals surface area contributed by atoms with E-state index in [1.54, 1.807) is 13.0 Å². The molecule has 0 heterocycles. The maximum atomic E-state index is 10.9. The molecule has 1 rings (SSSR count). The first kappa shape index (κ1) is 12.8. The Labute approximate surface area is 103 Å². The number of hydrogen-bond donors (Lipinski definition) is 0. The van der Waals surface area contributed by atoms with Crippen LogP contribution in [0.4, 0.5) is 0 Å². The SMILES string of the molecule is CCOC(=O)/C=C/COc1ccccc1Br. The van der Waals surface area contributed by atoms with E-state index < -0.39 is 0 Å². The van der Waals surface area contributed by atoms with Gasteiger partial charge in [-0.1, -0.05) is 12.1 Å². The number of carbonyl (C=O) groups is 1. The molecule has 1 aromatic rings. The van der Waals surface area contributed by atoms with Crippen molar-refractivity contribution in [3.63, 3.8) is 0 Å². The summed E-state index contributed by atoms with van der Waals surface area (Å²) in [5, 5.41) is 0. The van der Waals surface area contributed by atoms with E-state index in [9.17, 15) is 4.79 Å². The maximum absolute atomic E-state index is 10.9. The lowest BCUT2D eigenvalue weighted by atomic mass is 10.3. The smallest absolute Gasteiger partial charge is 0.330 e. The van der Waals surface area contributed by atoms with Gasteiger partial charge in [-0.05, 0) is 41.1 Å².